The summed E-state index contributed by atoms with van der Waals surface area (Å²) in [6.07, 6.45) is 5.79. The minimum Gasteiger partial charge on any atom is -0.379 e. The van der Waals surface area contributed by atoms with Gasteiger partial charge in [0.1, 0.15) is 0 Å². The van der Waals surface area contributed by atoms with Gasteiger partial charge in [0.2, 0.25) is 0 Å². The van der Waals surface area contributed by atoms with E-state index >= 15 is 0 Å². The second kappa shape index (κ2) is 6.42. The zero-order valence-electron chi connectivity index (χ0n) is 12.3. The Labute approximate surface area is 120 Å². The number of hydrogen-bond acceptors (Lipinski definition) is 2. The number of fused-ring (bicyclic) bond motifs is 1. The van der Waals surface area contributed by atoms with E-state index in [1.807, 2.05) is 0 Å². The van der Waals surface area contributed by atoms with Crippen molar-refractivity contribution in [3.63, 3.8) is 0 Å². The molecule has 2 heterocycles. The number of aromatic nitrogens is 1. The first-order valence-corrected chi connectivity index (χ1v) is 7.77. The van der Waals surface area contributed by atoms with E-state index in [0.717, 1.165) is 26.3 Å². The van der Waals surface area contributed by atoms with Crippen molar-refractivity contribution in [2.75, 3.05) is 19.8 Å². The van der Waals surface area contributed by atoms with Gasteiger partial charge in [-0.2, -0.15) is 0 Å². The van der Waals surface area contributed by atoms with Gasteiger partial charge >= 0.3 is 0 Å². The molecule has 3 heteroatoms. The predicted octanol–water partition coefficient (Wildman–Crippen LogP) is 3.49. The van der Waals surface area contributed by atoms with Crippen LogP contribution in [0.5, 0.6) is 0 Å². The summed E-state index contributed by atoms with van der Waals surface area (Å²) >= 11 is 0. The average Bonchev–Trinajstić information content (AvgIpc) is 2.93. The molecule has 1 aromatic carbocycles. The molecule has 0 bridgehead atoms. The fraction of sp³-hybridized carbons (Fsp3) is 0.529. The number of nitrogens with one attached hydrogen (secondary N) is 1. The van der Waals surface area contributed by atoms with Gasteiger partial charge in [0, 0.05) is 19.3 Å². The zero-order chi connectivity index (χ0) is 13.8. The standard InChI is InChI=1S/C17H24N2O/c1-2-9-18-12-15-6-3-5-14-8-10-19(17(14)15)16-7-4-11-20-13-16/h3,5-6,8,10,16,18H,2,4,7,9,11-13H2,1H3. The van der Waals surface area contributed by atoms with Crippen molar-refractivity contribution in [2.24, 2.45) is 0 Å². The van der Waals surface area contributed by atoms with Gasteiger partial charge in [0.05, 0.1) is 18.2 Å². The van der Waals surface area contributed by atoms with Crippen molar-refractivity contribution in [1.29, 1.82) is 0 Å². The van der Waals surface area contributed by atoms with Gasteiger partial charge in [-0.05, 0) is 42.8 Å². The molecule has 1 unspecified atom stereocenters. The highest BCUT2D eigenvalue weighted by Crippen LogP contribution is 2.28. The Bertz CT molecular complexity index is 555. The SMILES string of the molecule is CCCNCc1cccc2ccn(C3CCCOC3)c12. The van der Waals surface area contributed by atoms with Crippen molar-refractivity contribution < 1.29 is 4.74 Å². The molecule has 1 N–H and O–H groups in total. The third-order valence-electron chi connectivity index (χ3n) is 4.10. The van der Waals surface area contributed by atoms with Crippen molar-refractivity contribution in [1.82, 2.24) is 9.88 Å². The molecule has 0 amide bonds. The lowest BCUT2D eigenvalue weighted by molar-refractivity contribution is 0.0606. The second-order valence-corrected chi connectivity index (χ2v) is 5.63. The highest BCUT2D eigenvalue weighted by atomic mass is 16.5. The number of rotatable bonds is 5. The van der Waals surface area contributed by atoms with Crippen LogP contribution in [0, 0.1) is 0 Å². The van der Waals surface area contributed by atoms with E-state index < -0.39 is 0 Å². The molecule has 3 nitrogen and oxygen atoms in total. The normalized spacial score (nSPS) is 19.6. The Morgan fingerprint density at radius 1 is 1.35 bits per heavy atom. The van der Waals surface area contributed by atoms with Crippen LogP contribution < -0.4 is 5.32 Å². The van der Waals surface area contributed by atoms with E-state index in [-0.39, 0.29) is 0 Å². The van der Waals surface area contributed by atoms with Gasteiger partial charge in [0.15, 0.2) is 0 Å². The van der Waals surface area contributed by atoms with Crippen LogP contribution in [0.4, 0.5) is 0 Å². The van der Waals surface area contributed by atoms with Crippen LogP contribution in [-0.2, 0) is 11.3 Å². The molecule has 1 aromatic heterocycles. The Morgan fingerprint density at radius 3 is 3.10 bits per heavy atom. The zero-order valence-corrected chi connectivity index (χ0v) is 12.3. The van der Waals surface area contributed by atoms with Gasteiger partial charge in [-0.1, -0.05) is 25.1 Å². The predicted molar refractivity (Wildman–Crippen MR) is 83.0 cm³/mol. The van der Waals surface area contributed by atoms with Crippen LogP contribution in [-0.4, -0.2) is 24.3 Å². The molecule has 1 aliphatic rings. The lowest BCUT2D eigenvalue weighted by Crippen LogP contribution is -2.21. The third kappa shape index (κ3) is 2.74. The van der Waals surface area contributed by atoms with Gasteiger partial charge < -0.3 is 14.6 Å². The summed E-state index contributed by atoms with van der Waals surface area (Å²) in [5.74, 6) is 0. The molecule has 2 aromatic rings. The number of hydrogen-bond donors (Lipinski definition) is 1. The van der Waals surface area contributed by atoms with Crippen LogP contribution in [0.25, 0.3) is 10.9 Å². The lowest BCUT2D eigenvalue weighted by Gasteiger charge is -2.25. The molecule has 3 rings (SSSR count). The van der Waals surface area contributed by atoms with Gasteiger partial charge in [0.25, 0.3) is 0 Å². The summed E-state index contributed by atoms with van der Waals surface area (Å²) in [4.78, 5) is 0. The van der Waals surface area contributed by atoms with Crippen LogP contribution >= 0.6 is 0 Å². The fourth-order valence-corrected chi connectivity index (χ4v) is 3.09. The number of para-hydroxylation sites is 1. The summed E-state index contributed by atoms with van der Waals surface area (Å²) in [6, 6.07) is 9.33. The molecule has 1 fully saturated rings. The number of nitrogens with zero attached hydrogens (tertiary/aromatic N) is 1. The molecule has 1 saturated heterocycles. The maximum Gasteiger partial charge on any atom is 0.0673 e. The molecule has 20 heavy (non-hydrogen) atoms. The van der Waals surface area contributed by atoms with Gasteiger partial charge in [-0.3, -0.25) is 0 Å². The quantitative estimate of drug-likeness (QED) is 0.843. The fourth-order valence-electron chi connectivity index (χ4n) is 3.09. The molecule has 108 valence electrons. The van der Waals surface area contributed by atoms with E-state index in [1.54, 1.807) is 0 Å². The minimum atomic E-state index is 0.494. The monoisotopic (exact) mass is 272 g/mol. The van der Waals surface area contributed by atoms with E-state index in [1.165, 1.54) is 35.7 Å². The highest BCUT2D eigenvalue weighted by molar-refractivity contribution is 5.83. The number of benzene rings is 1. The molecule has 1 atom stereocenters. The molecule has 0 spiro atoms. The van der Waals surface area contributed by atoms with Crippen molar-refractivity contribution in [3.05, 3.63) is 36.0 Å². The Hall–Kier alpha value is -1.32. The average molecular weight is 272 g/mol. The highest BCUT2D eigenvalue weighted by Gasteiger charge is 2.18. The van der Waals surface area contributed by atoms with Crippen LogP contribution in [0.2, 0.25) is 0 Å². The molecule has 0 saturated carbocycles. The summed E-state index contributed by atoms with van der Waals surface area (Å²) in [7, 11) is 0. The topological polar surface area (TPSA) is 26.2 Å². The smallest absolute Gasteiger partial charge is 0.0673 e. The summed E-state index contributed by atoms with van der Waals surface area (Å²) in [5.41, 5.74) is 2.78. The summed E-state index contributed by atoms with van der Waals surface area (Å²) in [5, 5.41) is 4.86. The van der Waals surface area contributed by atoms with E-state index in [4.69, 9.17) is 4.74 Å². The first-order valence-electron chi connectivity index (χ1n) is 7.77. The van der Waals surface area contributed by atoms with Gasteiger partial charge in [-0.25, -0.2) is 0 Å². The maximum atomic E-state index is 5.66. The van der Waals surface area contributed by atoms with Crippen LogP contribution in [0.3, 0.4) is 0 Å². The Balaban J connectivity index is 1.91. The number of ether oxygens (including phenoxy) is 1. The van der Waals surface area contributed by atoms with E-state index in [9.17, 15) is 0 Å². The van der Waals surface area contributed by atoms with Crippen molar-refractivity contribution >= 4 is 10.9 Å². The van der Waals surface area contributed by atoms with Gasteiger partial charge in [-0.15, -0.1) is 0 Å². The summed E-state index contributed by atoms with van der Waals surface area (Å²) < 4.78 is 8.08. The summed E-state index contributed by atoms with van der Waals surface area (Å²) in [6.45, 7) is 5.99. The maximum absolute atomic E-state index is 5.66. The molecule has 1 aliphatic heterocycles. The first-order chi connectivity index (χ1) is 9.90. The Morgan fingerprint density at radius 2 is 2.30 bits per heavy atom. The van der Waals surface area contributed by atoms with Crippen molar-refractivity contribution in [3.8, 4) is 0 Å². The van der Waals surface area contributed by atoms with Crippen LogP contribution in [0.15, 0.2) is 30.5 Å². The molecular weight excluding hydrogens is 248 g/mol. The molecule has 0 aliphatic carbocycles. The van der Waals surface area contributed by atoms with Crippen LogP contribution in [0.1, 0.15) is 37.8 Å². The van der Waals surface area contributed by atoms with E-state index in [0.29, 0.717) is 6.04 Å². The van der Waals surface area contributed by atoms with E-state index in [2.05, 4.69) is 47.3 Å². The Kier molecular flexibility index (Phi) is 4.38. The third-order valence-corrected chi connectivity index (χ3v) is 4.10. The largest absolute Gasteiger partial charge is 0.379 e. The van der Waals surface area contributed by atoms with Crippen molar-refractivity contribution in [2.45, 2.75) is 38.8 Å². The lowest BCUT2D eigenvalue weighted by atomic mass is 10.1. The molecule has 0 radical (unpaired) electrons. The first kappa shape index (κ1) is 13.7. The molecular formula is C17H24N2O. The minimum absolute atomic E-state index is 0.494. The second-order valence-electron chi connectivity index (χ2n) is 5.63.